The lowest BCUT2D eigenvalue weighted by atomic mass is 10.0. The lowest BCUT2D eigenvalue weighted by molar-refractivity contribution is 1.43. The molecule has 0 fully saturated rings. The Balaban J connectivity index is 3.16. The van der Waals surface area contributed by atoms with Crippen LogP contribution in [-0.4, -0.2) is 0 Å². The summed E-state index contributed by atoms with van der Waals surface area (Å²) in [6.07, 6.45) is 5.22. The molecule has 0 bridgehead atoms. The molecule has 0 heteroatoms. The Morgan fingerprint density at radius 1 is 1.45 bits per heavy atom. The molecule has 0 saturated carbocycles. The summed E-state index contributed by atoms with van der Waals surface area (Å²) < 4.78 is 0. The zero-order valence-electron chi connectivity index (χ0n) is 6.59. The van der Waals surface area contributed by atoms with Crippen LogP contribution < -0.4 is 0 Å². The summed E-state index contributed by atoms with van der Waals surface area (Å²) in [4.78, 5) is 0. The molecule has 0 unspecified atom stereocenters. The summed E-state index contributed by atoms with van der Waals surface area (Å²) >= 11 is 0. The number of terminal acetylenes is 1. The maximum atomic E-state index is 5.22. The van der Waals surface area contributed by atoms with Crippen LogP contribution >= 0.6 is 0 Å². The number of benzene rings is 1. The molecule has 11 heavy (non-hydrogen) atoms. The average molecular weight is 142 g/mol. The van der Waals surface area contributed by atoms with Crippen LogP contribution in [0.2, 0.25) is 0 Å². The first-order valence-corrected chi connectivity index (χ1v) is 3.47. The van der Waals surface area contributed by atoms with Crippen LogP contribution in [0.1, 0.15) is 11.1 Å². The molecule has 0 aromatic heterocycles. The van der Waals surface area contributed by atoms with Gasteiger partial charge in [-0.05, 0) is 18.1 Å². The molecule has 0 radical (unpaired) electrons. The zero-order chi connectivity index (χ0) is 8.27. The van der Waals surface area contributed by atoms with Crippen molar-refractivity contribution < 1.29 is 0 Å². The minimum atomic E-state index is 0.753. The van der Waals surface area contributed by atoms with Crippen molar-refractivity contribution in [3.63, 3.8) is 0 Å². The number of aryl methyl sites for hydroxylation is 1. The fourth-order valence-electron chi connectivity index (χ4n) is 0.989. The van der Waals surface area contributed by atoms with Gasteiger partial charge in [0.05, 0.1) is 0 Å². The smallest absolute Gasteiger partial charge is 0.0245 e. The van der Waals surface area contributed by atoms with Crippen LogP contribution in [-0.2, 0) is 0 Å². The van der Waals surface area contributed by atoms with Crippen molar-refractivity contribution >= 4 is 5.57 Å². The highest BCUT2D eigenvalue weighted by Crippen LogP contribution is 2.15. The van der Waals surface area contributed by atoms with Crippen molar-refractivity contribution in [3.8, 4) is 12.3 Å². The number of allylic oxidation sites excluding steroid dienone is 1. The van der Waals surface area contributed by atoms with E-state index in [1.807, 2.05) is 31.2 Å². The normalized spacial score (nSPS) is 8.73. The highest BCUT2D eigenvalue weighted by atomic mass is 14.0. The van der Waals surface area contributed by atoms with Crippen LogP contribution in [0.3, 0.4) is 0 Å². The maximum Gasteiger partial charge on any atom is 0.0245 e. The van der Waals surface area contributed by atoms with Crippen molar-refractivity contribution in [3.05, 3.63) is 42.0 Å². The van der Waals surface area contributed by atoms with Gasteiger partial charge in [0.2, 0.25) is 0 Å². The first-order valence-electron chi connectivity index (χ1n) is 3.47. The second kappa shape index (κ2) is 3.07. The molecule has 0 aliphatic heterocycles. The van der Waals surface area contributed by atoms with Crippen molar-refractivity contribution in [2.45, 2.75) is 6.92 Å². The van der Waals surface area contributed by atoms with E-state index in [1.165, 1.54) is 5.56 Å². The van der Waals surface area contributed by atoms with Gasteiger partial charge in [0.15, 0.2) is 0 Å². The molecule has 1 aromatic carbocycles. The first kappa shape index (κ1) is 7.63. The molecule has 1 aromatic rings. The van der Waals surface area contributed by atoms with Crippen LogP contribution in [0.25, 0.3) is 5.57 Å². The van der Waals surface area contributed by atoms with Crippen LogP contribution in [0, 0.1) is 19.3 Å². The molecule has 0 aliphatic carbocycles. The Morgan fingerprint density at radius 3 is 2.64 bits per heavy atom. The van der Waals surface area contributed by atoms with Gasteiger partial charge in [0.25, 0.3) is 0 Å². The molecule has 0 saturated heterocycles. The van der Waals surface area contributed by atoms with Gasteiger partial charge in [0.1, 0.15) is 0 Å². The average Bonchev–Trinajstić information content (AvgIpc) is 2.04. The summed E-state index contributed by atoms with van der Waals surface area (Å²) in [5.41, 5.74) is 2.99. The standard InChI is InChI=1S/C11H10/c1-4-9(2)11-8-6-5-7-10(11)3/h1,5-8H,2H2,3H3. The van der Waals surface area contributed by atoms with E-state index in [9.17, 15) is 0 Å². The van der Waals surface area contributed by atoms with Crippen LogP contribution in [0.15, 0.2) is 30.8 Å². The van der Waals surface area contributed by atoms with Gasteiger partial charge in [-0.15, -0.1) is 6.42 Å². The zero-order valence-corrected chi connectivity index (χ0v) is 6.59. The molecule has 0 aliphatic rings. The Kier molecular flexibility index (Phi) is 2.13. The van der Waals surface area contributed by atoms with E-state index in [4.69, 9.17) is 6.42 Å². The van der Waals surface area contributed by atoms with Gasteiger partial charge in [-0.2, -0.15) is 0 Å². The van der Waals surface area contributed by atoms with Gasteiger partial charge in [-0.1, -0.05) is 36.8 Å². The van der Waals surface area contributed by atoms with Crippen molar-refractivity contribution in [1.82, 2.24) is 0 Å². The number of hydrogen-bond donors (Lipinski definition) is 0. The van der Waals surface area contributed by atoms with E-state index in [-0.39, 0.29) is 0 Å². The Morgan fingerprint density at radius 2 is 2.09 bits per heavy atom. The second-order valence-electron chi connectivity index (χ2n) is 2.44. The van der Waals surface area contributed by atoms with Crippen LogP contribution in [0.4, 0.5) is 0 Å². The summed E-state index contributed by atoms with van der Waals surface area (Å²) in [6, 6.07) is 7.96. The van der Waals surface area contributed by atoms with Crippen LogP contribution in [0.5, 0.6) is 0 Å². The summed E-state index contributed by atoms with van der Waals surface area (Å²) in [5.74, 6) is 2.53. The predicted octanol–water partition coefficient (Wildman–Crippen LogP) is 2.64. The molecule has 0 nitrogen and oxygen atoms in total. The quantitative estimate of drug-likeness (QED) is 0.529. The van der Waals surface area contributed by atoms with Crippen molar-refractivity contribution in [2.75, 3.05) is 0 Å². The van der Waals surface area contributed by atoms with E-state index in [0.717, 1.165) is 11.1 Å². The molecule has 0 atom stereocenters. The third-order valence-electron chi connectivity index (χ3n) is 1.64. The van der Waals surface area contributed by atoms with E-state index in [0.29, 0.717) is 0 Å². The van der Waals surface area contributed by atoms with E-state index < -0.39 is 0 Å². The monoisotopic (exact) mass is 142 g/mol. The summed E-state index contributed by atoms with van der Waals surface area (Å²) in [6.45, 7) is 5.79. The minimum absolute atomic E-state index is 0.753. The fraction of sp³-hybridized carbons (Fsp3) is 0.0909. The van der Waals surface area contributed by atoms with E-state index in [2.05, 4.69) is 12.5 Å². The predicted molar refractivity (Wildman–Crippen MR) is 49.0 cm³/mol. The van der Waals surface area contributed by atoms with Crippen molar-refractivity contribution in [2.24, 2.45) is 0 Å². The minimum Gasteiger partial charge on any atom is -0.115 e. The Bertz CT molecular complexity index is 313. The number of rotatable bonds is 1. The van der Waals surface area contributed by atoms with Gasteiger partial charge < -0.3 is 0 Å². The number of hydrogen-bond acceptors (Lipinski definition) is 0. The molecular weight excluding hydrogens is 132 g/mol. The summed E-state index contributed by atoms with van der Waals surface area (Å²) in [7, 11) is 0. The second-order valence-corrected chi connectivity index (χ2v) is 2.44. The molecule has 0 spiro atoms. The molecule has 0 amide bonds. The molecule has 0 N–H and O–H groups in total. The lowest BCUT2D eigenvalue weighted by Crippen LogP contribution is -1.83. The third-order valence-corrected chi connectivity index (χ3v) is 1.64. The Hall–Kier alpha value is -1.48. The fourth-order valence-corrected chi connectivity index (χ4v) is 0.989. The van der Waals surface area contributed by atoms with Gasteiger partial charge in [-0.3, -0.25) is 0 Å². The Labute approximate surface area is 67.6 Å². The van der Waals surface area contributed by atoms with Gasteiger partial charge in [0, 0.05) is 5.57 Å². The summed E-state index contributed by atoms with van der Waals surface area (Å²) in [5, 5.41) is 0. The topological polar surface area (TPSA) is 0 Å². The lowest BCUT2D eigenvalue weighted by Gasteiger charge is -2.01. The highest BCUT2D eigenvalue weighted by molar-refractivity contribution is 5.77. The third kappa shape index (κ3) is 1.50. The van der Waals surface area contributed by atoms with Gasteiger partial charge in [-0.25, -0.2) is 0 Å². The SMILES string of the molecule is C#CC(=C)c1ccccc1C. The molecule has 0 heterocycles. The molecular formula is C11H10. The molecule has 1 rings (SSSR count). The van der Waals surface area contributed by atoms with Crippen molar-refractivity contribution in [1.29, 1.82) is 0 Å². The van der Waals surface area contributed by atoms with E-state index in [1.54, 1.807) is 0 Å². The van der Waals surface area contributed by atoms with Gasteiger partial charge >= 0.3 is 0 Å². The molecule has 54 valence electrons. The largest absolute Gasteiger partial charge is 0.115 e. The first-order chi connectivity index (χ1) is 5.25. The highest BCUT2D eigenvalue weighted by Gasteiger charge is 1.96. The maximum absolute atomic E-state index is 5.22. The van der Waals surface area contributed by atoms with E-state index >= 15 is 0 Å².